The van der Waals surface area contributed by atoms with Gasteiger partial charge < -0.3 is 23.7 Å². The van der Waals surface area contributed by atoms with Crippen molar-refractivity contribution in [1.82, 2.24) is 0 Å². The molecule has 9 heteroatoms. The van der Waals surface area contributed by atoms with Crippen LogP contribution in [0.15, 0.2) is 18.2 Å². The average molecular weight is 431 g/mol. The van der Waals surface area contributed by atoms with Crippen LogP contribution in [0.4, 0.5) is 5.69 Å². The predicted molar refractivity (Wildman–Crippen MR) is 115 cm³/mol. The van der Waals surface area contributed by atoms with Crippen molar-refractivity contribution < 1.29 is 33.2 Å². The zero-order valence-electron chi connectivity index (χ0n) is 18.6. The predicted octanol–water partition coefficient (Wildman–Crippen LogP) is 2.87. The second-order valence-corrected chi connectivity index (χ2v) is 7.07. The lowest BCUT2D eigenvalue weighted by atomic mass is 9.90. The molecular weight excluding hydrogens is 404 g/mol. The maximum Gasteiger partial charge on any atom is 0.277 e. The van der Waals surface area contributed by atoms with E-state index in [0.29, 0.717) is 40.7 Å². The Hall–Kier alpha value is -3.49. The number of rotatable bonds is 8. The van der Waals surface area contributed by atoms with Crippen LogP contribution < -0.4 is 23.7 Å². The van der Waals surface area contributed by atoms with Gasteiger partial charge in [0, 0.05) is 12.0 Å². The molecule has 0 N–H and O–H groups in total. The first-order chi connectivity index (χ1) is 14.9. The lowest BCUT2D eigenvalue weighted by molar-refractivity contribution is -0.499. The van der Waals surface area contributed by atoms with Crippen molar-refractivity contribution in [3.05, 3.63) is 45.0 Å². The van der Waals surface area contributed by atoms with Crippen molar-refractivity contribution in [2.24, 2.45) is 0 Å². The van der Waals surface area contributed by atoms with Crippen molar-refractivity contribution in [2.45, 2.75) is 12.8 Å². The number of ether oxygens (including phenoxy) is 5. The molecule has 0 bridgehead atoms. The van der Waals surface area contributed by atoms with Crippen LogP contribution >= 0.6 is 0 Å². The van der Waals surface area contributed by atoms with Crippen molar-refractivity contribution in [3.8, 4) is 28.7 Å². The Morgan fingerprint density at radius 1 is 0.903 bits per heavy atom. The molecule has 0 unspecified atom stereocenters. The topological polar surface area (TPSA) is 92.3 Å². The summed E-state index contributed by atoms with van der Waals surface area (Å²) in [6.45, 7) is 0.752. The fourth-order valence-corrected chi connectivity index (χ4v) is 3.96. The van der Waals surface area contributed by atoms with Crippen LogP contribution in [0.3, 0.4) is 0 Å². The summed E-state index contributed by atoms with van der Waals surface area (Å²) in [6, 6.07) is 4.98. The first-order valence-corrected chi connectivity index (χ1v) is 9.68. The van der Waals surface area contributed by atoms with Gasteiger partial charge in [0.25, 0.3) is 5.69 Å². The highest BCUT2D eigenvalue weighted by Crippen LogP contribution is 2.44. The first-order valence-electron chi connectivity index (χ1n) is 9.68. The van der Waals surface area contributed by atoms with Gasteiger partial charge in [-0.3, -0.25) is 10.1 Å². The van der Waals surface area contributed by atoms with Crippen molar-refractivity contribution in [2.75, 3.05) is 49.1 Å². The third kappa shape index (κ3) is 3.95. The van der Waals surface area contributed by atoms with Crippen LogP contribution in [0.2, 0.25) is 0 Å². The van der Waals surface area contributed by atoms with Gasteiger partial charge in [0.1, 0.15) is 13.6 Å². The summed E-state index contributed by atoms with van der Waals surface area (Å²) >= 11 is 0. The Labute approximate surface area is 180 Å². The van der Waals surface area contributed by atoms with E-state index >= 15 is 0 Å². The van der Waals surface area contributed by atoms with Crippen molar-refractivity contribution in [3.63, 3.8) is 0 Å². The molecule has 0 saturated heterocycles. The molecule has 2 aromatic carbocycles. The minimum Gasteiger partial charge on any atom is -0.493 e. The number of hydrogen-bond acceptors (Lipinski definition) is 7. The van der Waals surface area contributed by atoms with E-state index in [9.17, 15) is 10.1 Å². The van der Waals surface area contributed by atoms with Crippen molar-refractivity contribution in [1.29, 1.82) is 0 Å². The van der Waals surface area contributed by atoms with Crippen LogP contribution in [0, 0.1) is 10.1 Å². The van der Waals surface area contributed by atoms with Gasteiger partial charge in [0.05, 0.1) is 58.5 Å². The summed E-state index contributed by atoms with van der Waals surface area (Å²) in [7, 11) is 9.62. The minimum atomic E-state index is -0.409. The second kappa shape index (κ2) is 9.11. The Morgan fingerprint density at radius 2 is 1.52 bits per heavy atom. The summed E-state index contributed by atoms with van der Waals surface area (Å²) in [5, 5.41) is 11.8. The lowest BCUT2D eigenvalue weighted by Crippen LogP contribution is -2.30. The van der Waals surface area contributed by atoms with Crippen LogP contribution in [0.5, 0.6) is 28.7 Å². The van der Waals surface area contributed by atoms with Crippen LogP contribution in [0.25, 0.3) is 0 Å². The summed E-state index contributed by atoms with van der Waals surface area (Å²) in [5.41, 5.74) is 3.25. The number of benzene rings is 2. The van der Waals surface area contributed by atoms with Crippen molar-refractivity contribution >= 4 is 11.4 Å². The molecule has 0 atom stereocenters. The summed E-state index contributed by atoms with van der Waals surface area (Å²) < 4.78 is 29.5. The van der Waals surface area contributed by atoms with E-state index in [4.69, 9.17) is 23.7 Å². The Balaban J connectivity index is 2.22. The molecule has 3 rings (SSSR count). The van der Waals surface area contributed by atoms with Gasteiger partial charge in [0.2, 0.25) is 5.75 Å². The van der Waals surface area contributed by atoms with Crippen LogP contribution in [-0.4, -0.2) is 64.4 Å². The van der Waals surface area contributed by atoms with E-state index in [1.54, 1.807) is 27.4 Å². The zero-order valence-corrected chi connectivity index (χ0v) is 18.6. The number of fused-ring (bicyclic) bond motifs is 1. The summed E-state index contributed by atoms with van der Waals surface area (Å²) in [6.07, 6.45) is 1.08. The number of nitro benzene ring substituents is 1. The summed E-state index contributed by atoms with van der Waals surface area (Å²) in [4.78, 5) is 11.4. The van der Waals surface area contributed by atoms with E-state index in [1.807, 2.05) is 13.1 Å². The third-order valence-electron chi connectivity index (χ3n) is 5.52. The summed E-state index contributed by atoms with van der Waals surface area (Å²) in [5.74, 6) is 2.35. The number of hydrogen-bond donors (Lipinski definition) is 0. The van der Waals surface area contributed by atoms with Gasteiger partial charge in [-0.05, 0) is 17.7 Å². The smallest absolute Gasteiger partial charge is 0.277 e. The largest absolute Gasteiger partial charge is 0.493 e. The SMILES string of the molecule is COc1cc(CC2=[N+](C)CCc3cc(OC)c(OC)c(OC)c32)c([N+](=O)[O-])cc1OC. The normalized spacial score (nSPS) is 12.8. The molecule has 1 heterocycles. The van der Waals surface area contributed by atoms with Crippen LogP contribution in [0.1, 0.15) is 16.7 Å². The average Bonchev–Trinajstić information content (AvgIpc) is 2.78. The highest BCUT2D eigenvalue weighted by molar-refractivity contribution is 6.04. The fourth-order valence-electron chi connectivity index (χ4n) is 3.96. The maximum absolute atomic E-state index is 11.8. The molecule has 0 aliphatic carbocycles. The molecule has 0 aromatic heterocycles. The molecule has 166 valence electrons. The van der Waals surface area contributed by atoms with Crippen LogP contribution in [-0.2, 0) is 12.8 Å². The number of likely N-dealkylation sites (N-methyl/N-ethyl adjacent to an activating group) is 1. The van der Waals surface area contributed by atoms with Gasteiger partial charge in [-0.1, -0.05) is 0 Å². The van der Waals surface area contributed by atoms with E-state index in [0.717, 1.165) is 29.8 Å². The monoisotopic (exact) mass is 431 g/mol. The quantitative estimate of drug-likeness (QED) is 0.360. The maximum atomic E-state index is 11.8. The zero-order chi connectivity index (χ0) is 22.7. The highest BCUT2D eigenvalue weighted by atomic mass is 16.6. The number of methoxy groups -OCH3 is 5. The van der Waals surface area contributed by atoms with Gasteiger partial charge >= 0.3 is 0 Å². The molecule has 9 nitrogen and oxygen atoms in total. The highest BCUT2D eigenvalue weighted by Gasteiger charge is 2.33. The Morgan fingerprint density at radius 3 is 2.06 bits per heavy atom. The molecule has 0 amide bonds. The number of nitro groups is 1. The van der Waals surface area contributed by atoms with Gasteiger partial charge in [-0.2, -0.15) is 0 Å². The lowest BCUT2D eigenvalue weighted by Gasteiger charge is -2.23. The minimum absolute atomic E-state index is 0.0369. The van der Waals surface area contributed by atoms with E-state index in [-0.39, 0.29) is 5.69 Å². The standard InChI is InChI=1S/C22H27N2O7/c1-23-8-7-13-10-19(29-4)21(30-5)22(31-6)20(13)16(23)9-14-11-17(27-2)18(28-3)12-15(14)24(25)26/h10-12H,7-9H2,1-6H3/q+1. The molecule has 0 saturated carbocycles. The first kappa shape index (κ1) is 22.2. The molecule has 1 aliphatic heterocycles. The fraction of sp³-hybridized carbons (Fsp3) is 0.409. The van der Waals surface area contributed by atoms with E-state index in [2.05, 4.69) is 4.58 Å². The molecule has 0 fully saturated rings. The number of nitrogens with zero attached hydrogens (tertiary/aromatic N) is 2. The Bertz CT molecular complexity index is 1050. The van der Waals surface area contributed by atoms with E-state index in [1.165, 1.54) is 20.3 Å². The molecule has 31 heavy (non-hydrogen) atoms. The third-order valence-corrected chi connectivity index (χ3v) is 5.52. The molecule has 2 aromatic rings. The Kier molecular flexibility index (Phi) is 6.53. The molecule has 0 spiro atoms. The van der Waals surface area contributed by atoms with Gasteiger partial charge in [-0.25, -0.2) is 4.58 Å². The van der Waals surface area contributed by atoms with Gasteiger partial charge in [-0.15, -0.1) is 0 Å². The second-order valence-electron chi connectivity index (χ2n) is 7.07. The molecular formula is C22H27N2O7+. The molecule has 1 aliphatic rings. The van der Waals surface area contributed by atoms with Gasteiger partial charge in [0.15, 0.2) is 28.7 Å². The molecule has 0 radical (unpaired) electrons. The van der Waals surface area contributed by atoms with E-state index < -0.39 is 4.92 Å².